The molecule has 0 aromatic rings. The van der Waals surface area contributed by atoms with Gasteiger partial charge in [-0.25, -0.2) is 4.79 Å². The van der Waals surface area contributed by atoms with Crippen molar-refractivity contribution in [1.29, 1.82) is 0 Å². The Hall–Kier alpha value is -1.62. The zero-order valence-electron chi connectivity index (χ0n) is 19.3. The maximum atomic E-state index is 12.8. The normalized spacial score (nSPS) is 26.1. The van der Waals surface area contributed by atoms with Gasteiger partial charge in [0.05, 0.1) is 13.0 Å². The molecule has 34 heavy (non-hydrogen) atoms. The second-order valence-electron chi connectivity index (χ2n) is 8.60. The highest BCUT2D eigenvalue weighted by Crippen LogP contribution is 2.36. The quantitative estimate of drug-likeness (QED) is 0.170. The molecule has 11 heteroatoms. The number of rotatable bonds is 10. The first kappa shape index (κ1) is 28.6. The van der Waals surface area contributed by atoms with E-state index in [4.69, 9.17) is 11.6 Å². The minimum Gasteiger partial charge on any atom is -0.435 e. The number of carbonyl (C=O) groups is 5. The monoisotopic (exact) mass is 531 g/mol. The average Bonchev–Trinajstić information content (AvgIpc) is 3.21. The third kappa shape index (κ3) is 7.19. The van der Waals surface area contributed by atoms with Crippen molar-refractivity contribution in [1.82, 2.24) is 5.32 Å². The molecule has 188 valence electrons. The maximum absolute atomic E-state index is 12.8. The summed E-state index contributed by atoms with van der Waals surface area (Å²) in [6.07, 6.45) is 6.93. The lowest BCUT2D eigenvalue weighted by atomic mass is 9.91. The van der Waals surface area contributed by atoms with E-state index < -0.39 is 27.3 Å². The van der Waals surface area contributed by atoms with Gasteiger partial charge in [0, 0.05) is 38.4 Å². The van der Waals surface area contributed by atoms with Gasteiger partial charge in [0.15, 0.2) is 5.12 Å². The SMILES string of the molecule is CC(=O)SCCCC(=O)NC(=O)C1(Cl)C=CC(C[C@@H]2CCC[N+]2(C(=O)O)C(=O)CCCS)=CC1. The number of carboxylic acid groups (broad SMARTS) is 1. The number of thiol groups is 1. The minimum absolute atomic E-state index is 0.0230. The fraction of sp³-hybridized carbons (Fsp3) is 0.609. The van der Waals surface area contributed by atoms with Crippen LogP contribution in [0.2, 0.25) is 0 Å². The van der Waals surface area contributed by atoms with Crippen LogP contribution in [0.5, 0.6) is 0 Å². The molecule has 0 aromatic heterocycles. The second kappa shape index (κ2) is 12.9. The Bertz CT molecular complexity index is 893. The van der Waals surface area contributed by atoms with E-state index in [2.05, 4.69) is 17.9 Å². The summed E-state index contributed by atoms with van der Waals surface area (Å²) in [5.41, 5.74) is 0.814. The molecule has 0 aromatic carbocycles. The Morgan fingerprint density at radius 2 is 2.00 bits per heavy atom. The highest BCUT2D eigenvalue weighted by atomic mass is 35.5. The molecule has 0 saturated carbocycles. The van der Waals surface area contributed by atoms with Crippen molar-refractivity contribution in [3.05, 3.63) is 23.8 Å². The molecule has 2 aliphatic rings. The number of likely N-dealkylation sites (tertiary alicyclic amines) is 1. The molecule has 8 nitrogen and oxygen atoms in total. The first-order chi connectivity index (χ1) is 16.0. The smallest absolute Gasteiger partial charge is 0.435 e. The summed E-state index contributed by atoms with van der Waals surface area (Å²) >= 11 is 11.7. The summed E-state index contributed by atoms with van der Waals surface area (Å²) in [4.78, 5) is 59.1. The van der Waals surface area contributed by atoms with Crippen molar-refractivity contribution in [3.8, 4) is 0 Å². The van der Waals surface area contributed by atoms with E-state index >= 15 is 0 Å². The van der Waals surface area contributed by atoms with E-state index in [-0.39, 0.29) is 42.9 Å². The number of hydrogen-bond acceptors (Lipinski definition) is 7. The summed E-state index contributed by atoms with van der Waals surface area (Å²) in [7, 11) is 0. The van der Waals surface area contributed by atoms with Crippen molar-refractivity contribution in [2.75, 3.05) is 18.1 Å². The van der Waals surface area contributed by atoms with Crippen LogP contribution in [0, 0.1) is 0 Å². The zero-order chi connectivity index (χ0) is 25.4. The van der Waals surface area contributed by atoms with E-state index in [9.17, 15) is 29.1 Å². The zero-order valence-corrected chi connectivity index (χ0v) is 21.7. The average molecular weight is 532 g/mol. The predicted octanol–water partition coefficient (Wildman–Crippen LogP) is 3.84. The molecule has 1 saturated heterocycles. The van der Waals surface area contributed by atoms with E-state index in [0.29, 0.717) is 43.6 Å². The number of carbonyl (C=O) groups excluding carboxylic acids is 4. The van der Waals surface area contributed by atoms with Gasteiger partial charge < -0.3 is 5.11 Å². The molecule has 2 unspecified atom stereocenters. The van der Waals surface area contributed by atoms with Crippen molar-refractivity contribution in [2.24, 2.45) is 0 Å². The van der Waals surface area contributed by atoms with Crippen molar-refractivity contribution in [3.63, 3.8) is 0 Å². The van der Waals surface area contributed by atoms with Crippen LogP contribution in [0.1, 0.15) is 58.3 Å². The lowest BCUT2D eigenvalue weighted by molar-refractivity contribution is -0.794. The number of amides is 4. The second-order valence-corrected chi connectivity index (χ2v) is 11.0. The Morgan fingerprint density at radius 1 is 1.26 bits per heavy atom. The first-order valence-corrected chi connectivity index (χ1v) is 13.3. The van der Waals surface area contributed by atoms with Gasteiger partial charge in [-0.15, -0.1) is 11.6 Å². The van der Waals surface area contributed by atoms with Crippen LogP contribution in [0.3, 0.4) is 0 Å². The lowest BCUT2D eigenvalue weighted by Crippen LogP contribution is -2.59. The molecule has 0 bridgehead atoms. The lowest BCUT2D eigenvalue weighted by Gasteiger charge is -2.32. The number of halogens is 1. The fourth-order valence-electron chi connectivity index (χ4n) is 4.34. The third-order valence-electron chi connectivity index (χ3n) is 6.18. The number of nitrogens with zero attached hydrogens (tertiary/aromatic N) is 1. The summed E-state index contributed by atoms with van der Waals surface area (Å²) in [5.74, 6) is -0.349. The number of alkyl halides is 1. The molecule has 0 spiro atoms. The molecule has 2 rings (SSSR count). The summed E-state index contributed by atoms with van der Waals surface area (Å²) in [6.45, 7) is 1.73. The maximum Gasteiger partial charge on any atom is 0.521 e. The van der Waals surface area contributed by atoms with Gasteiger partial charge >= 0.3 is 12.0 Å². The van der Waals surface area contributed by atoms with Gasteiger partial charge in [0.2, 0.25) is 5.91 Å². The van der Waals surface area contributed by atoms with Crippen LogP contribution in [0.25, 0.3) is 0 Å². The third-order valence-corrected chi connectivity index (χ3v) is 7.85. The van der Waals surface area contributed by atoms with Crippen LogP contribution >= 0.6 is 36.0 Å². The summed E-state index contributed by atoms with van der Waals surface area (Å²) in [5, 5.41) is 12.2. The van der Waals surface area contributed by atoms with Crippen LogP contribution in [0.4, 0.5) is 4.79 Å². The molecule has 4 amide bonds. The standard InChI is InChI=1S/C23H31ClN2O6S2/c1-16(27)34-14-4-6-19(28)25-21(30)23(24)10-8-17(9-11-23)15-18-5-2-12-26(18,22(31)32)20(29)7-3-13-33/h8-10,18H,2-7,11-15H2,1H3,(H2-,25,28,30,31,32,33)/p+1/t18-,23?,26?/m0/s1. The molecule has 3 atom stereocenters. The van der Waals surface area contributed by atoms with Gasteiger partial charge in [-0.3, -0.25) is 19.7 Å². The van der Waals surface area contributed by atoms with Crippen LogP contribution in [-0.4, -0.2) is 67.5 Å². The Morgan fingerprint density at radius 3 is 2.59 bits per heavy atom. The van der Waals surface area contributed by atoms with Gasteiger partial charge in [0.25, 0.3) is 5.91 Å². The molecule has 2 N–H and O–H groups in total. The summed E-state index contributed by atoms with van der Waals surface area (Å²) < 4.78 is -0.568. The van der Waals surface area contributed by atoms with E-state index in [1.165, 1.54) is 13.0 Å². The Kier molecular flexibility index (Phi) is 10.9. The fourth-order valence-corrected chi connectivity index (χ4v) is 5.26. The van der Waals surface area contributed by atoms with Crippen LogP contribution < -0.4 is 5.32 Å². The van der Waals surface area contributed by atoms with Gasteiger partial charge in [0.1, 0.15) is 10.9 Å². The topological polar surface area (TPSA) is 118 Å². The Labute approximate surface area is 214 Å². The van der Waals surface area contributed by atoms with Crippen LogP contribution in [0.15, 0.2) is 23.8 Å². The molecule has 1 fully saturated rings. The number of thioether (sulfide) groups is 1. The van der Waals surface area contributed by atoms with Crippen molar-refractivity contribution in [2.45, 2.75) is 69.2 Å². The molecule has 1 aliphatic carbocycles. The summed E-state index contributed by atoms with van der Waals surface area (Å²) in [6, 6.07) is -0.382. The van der Waals surface area contributed by atoms with E-state index in [1.54, 1.807) is 12.2 Å². The molecular weight excluding hydrogens is 500 g/mol. The number of allylic oxidation sites excluding steroid dienone is 2. The van der Waals surface area contributed by atoms with E-state index in [0.717, 1.165) is 17.3 Å². The van der Waals surface area contributed by atoms with Gasteiger partial charge in [-0.05, 0) is 30.6 Å². The van der Waals surface area contributed by atoms with Gasteiger partial charge in [-0.2, -0.15) is 21.9 Å². The van der Waals surface area contributed by atoms with Crippen LogP contribution in [-0.2, 0) is 19.2 Å². The number of imide groups is 2. The number of quaternary nitrogens is 1. The number of nitrogens with one attached hydrogen (secondary N) is 1. The first-order valence-electron chi connectivity index (χ1n) is 11.4. The van der Waals surface area contributed by atoms with Crippen molar-refractivity contribution >= 4 is 64.9 Å². The minimum atomic E-state index is -1.41. The predicted molar refractivity (Wildman–Crippen MR) is 135 cm³/mol. The van der Waals surface area contributed by atoms with Gasteiger partial charge in [-0.1, -0.05) is 30.0 Å². The Balaban J connectivity index is 1.97. The molecule has 0 radical (unpaired) electrons. The molecular formula is C23H32ClN2O6S2+. The largest absolute Gasteiger partial charge is 0.521 e. The molecule has 1 heterocycles. The highest BCUT2D eigenvalue weighted by Gasteiger charge is 2.54. The molecule has 1 aliphatic heterocycles. The van der Waals surface area contributed by atoms with Crippen molar-refractivity contribution < 1.29 is 33.6 Å². The highest BCUT2D eigenvalue weighted by molar-refractivity contribution is 8.13. The van der Waals surface area contributed by atoms with E-state index in [1.807, 2.05) is 0 Å². The number of hydrogen-bond donors (Lipinski definition) is 3.